The van der Waals surface area contributed by atoms with E-state index in [0.717, 1.165) is 28.1 Å². The predicted octanol–water partition coefficient (Wildman–Crippen LogP) is 4.08. The Morgan fingerprint density at radius 2 is 2.07 bits per heavy atom. The molecule has 1 aliphatic carbocycles. The maximum atomic E-state index is 9.73. The highest BCUT2D eigenvalue weighted by atomic mass is 16.3. The molecule has 2 atom stereocenters. The van der Waals surface area contributed by atoms with Crippen LogP contribution in [0.5, 0.6) is 0 Å². The number of aromatic nitrogens is 2. The zero-order valence-corrected chi connectivity index (χ0v) is 16.7. The van der Waals surface area contributed by atoms with Crippen molar-refractivity contribution in [1.82, 2.24) is 9.78 Å². The summed E-state index contributed by atoms with van der Waals surface area (Å²) >= 11 is 0. The molecule has 0 amide bonds. The van der Waals surface area contributed by atoms with Gasteiger partial charge in [0, 0.05) is 30.3 Å². The van der Waals surface area contributed by atoms with Crippen molar-refractivity contribution in [1.29, 1.82) is 10.8 Å². The van der Waals surface area contributed by atoms with Crippen molar-refractivity contribution >= 4 is 23.1 Å². The Labute approximate surface area is 169 Å². The highest BCUT2D eigenvalue weighted by Gasteiger charge is 2.31. The Morgan fingerprint density at radius 3 is 2.69 bits per heavy atom. The molecule has 0 radical (unpaired) electrons. The van der Waals surface area contributed by atoms with Gasteiger partial charge in [-0.05, 0) is 50.1 Å². The van der Waals surface area contributed by atoms with Crippen LogP contribution in [0.4, 0.5) is 5.69 Å². The third kappa shape index (κ3) is 3.40. The summed E-state index contributed by atoms with van der Waals surface area (Å²) < 4.78 is 1.76. The first kappa shape index (κ1) is 18.9. The van der Waals surface area contributed by atoms with Crippen LogP contribution in [0, 0.1) is 16.7 Å². The van der Waals surface area contributed by atoms with Crippen LogP contribution < -0.4 is 4.90 Å². The molecule has 7 nitrogen and oxygen atoms in total. The smallest absolute Gasteiger partial charge is 0.131 e. The lowest BCUT2D eigenvalue weighted by molar-refractivity contribution is 0.425. The lowest BCUT2D eigenvalue weighted by Crippen LogP contribution is -2.39. The minimum atomic E-state index is -0.382. The Bertz CT molecular complexity index is 1090. The maximum Gasteiger partial charge on any atom is 0.131 e. The van der Waals surface area contributed by atoms with E-state index in [1.54, 1.807) is 28.7 Å². The SMILES string of the molecule is CC(=N)N1C(=N)[C@H](C)N=C(C2C=CC(O)=CC2)c2cc(-c3cnn(C)c3)ccc21. The second-order valence-corrected chi connectivity index (χ2v) is 7.46. The van der Waals surface area contributed by atoms with Crippen molar-refractivity contribution < 1.29 is 5.11 Å². The Hall–Kier alpha value is -3.48. The van der Waals surface area contributed by atoms with E-state index in [2.05, 4.69) is 11.2 Å². The van der Waals surface area contributed by atoms with Gasteiger partial charge < -0.3 is 5.11 Å². The van der Waals surface area contributed by atoms with E-state index in [1.165, 1.54) is 0 Å². The summed E-state index contributed by atoms with van der Waals surface area (Å²) in [5.41, 5.74) is 4.55. The third-order valence-corrected chi connectivity index (χ3v) is 5.29. The number of hydrogen-bond acceptors (Lipinski definition) is 5. The number of amidine groups is 2. The zero-order valence-electron chi connectivity index (χ0n) is 16.7. The summed E-state index contributed by atoms with van der Waals surface area (Å²) in [5.74, 6) is 0.819. The van der Waals surface area contributed by atoms with Crippen LogP contribution in [0.2, 0.25) is 0 Å². The molecule has 1 aromatic carbocycles. The number of hydrogen-bond donors (Lipinski definition) is 3. The van der Waals surface area contributed by atoms with Gasteiger partial charge in [-0.25, -0.2) is 0 Å². The largest absolute Gasteiger partial charge is 0.508 e. The number of allylic oxidation sites excluding steroid dienone is 3. The molecule has 0 spiro atoms. The second-order valence-electron chi connectivity index (χ2n) is 7.46. The Morgan fingerprint density at radius 1 is 1.28 bits per heavy atom. The summed E-state index contributed by atoms with van der Waals surface area (Å²) in [6.07, 6.45) is 9.86. The monoisotopic (exact) mass is 388 g/mol. The summed E-state index contributed by atoms with van der Waals surface area (Å²) in [6, 6.07) is 5.64. The second kappa shape index (κ2) is 7.16. The number of anilines is 1. The van der Waals surface area contributed by atoms with Crippen molar-refractivity contribution in [3.05, 3.63) is 60.1 Å². The number of fused-ring (bicyclic) bond motifs is 1. The molecule has 2 aliphatic rings. The molecule has 4 rings (SSSR count). The number of aliphatic imine (C=N–C) groups is 1. The summed E-state index contributed by atoms with van der Waals surface area (Å²) in [4.78, 5) is 6.55. The molecular weight excluding hydrogens is 364 g/mol. The number of aliphatic hydroxyl groups is 1. The normalized spacial score (nSPS) is 21.3. The third-order valence-electron chi connectivity index (χ3n) is 5.29. The molecule has 0 bridgehead atoms. The van der Waals surface area contributed by atoms with Crippen molar-refractivity contribution in [2.24, 2.45) is 18.0 Å². The van der Waals surface area contributed by atoms with Gasteiger partial charge in [-0.3, -0.25) is 25.4 Å². The van der Waals surface area contributed by atoms with Crippen LogP contribution >= 0.6 is 0 Å². The van der Waals surface area contributed by atoms with Gasteiger partial charge in [-0.15, -0.1) is 0 Å². The van der Waals surface area contributed by atoms with Crippen LogP contribution in [0.25, 0.3) is 11.1 Å². The van der Waals surface area contributed by atoms with Gasteiger partial charge in [0.15, 0.2) is 0 Å². The fourth-order valence-electron chi connectivity index (χ4n) is 3.81. The average Bonchev–Trinajstić information content (AvgIpc) is 3.09. The van der Waals surface area contributed by atoms with Crippen molar-refractivity contribution in [3.8, 4) is 11.1 Å². The van der Waals surface area contributed by atoms with Crippen LogP contribution in [0.15, 0.2) is 59.6 Å². The molecule has 148 valence electrons. The van der Waals surface area contributed by atoms with E-state index in [1.807, 2.05) is 44.6 Å². The van der Waals surface area contributed by atoms with E-state index < -0.39 is 0 Å². The molecule has 0 fully saturated rings. The molecule has 0 saturated heterocycles. The quantitative estimate of drug-likeness (QED) is 0.534. The fourth-order valence-corrected chi connectivity index (χ4v) is 3.81. The predicted molar refractivity (Wildman–Crippen MR) is 116 cm³/mol. The number of nitrogens with one attached hydrogen (secondary N) is 2. The fraction of sp³-hybridized carbons (Fsp3) is 0.273. The molecule has 1 aliphatic heterocycles. The molecule has 2 aromatic rings. The van der Waals surface area contributed by atoms with Crippen LogP contribution in [0.1, 0.15) is 25.8 Å². The van der Waals surface area contributed by atoms with E-state index in [9.17, 15) is 5.11 Å². The van der Waals surface area contributed by atoms with Gasteiger partial charge in [-0.1, -0.05) is 12.1 Å². The van der Waals surface area contributed by atoms with Crippen molar-refractivity contribution in [3.63, 3.8) is 0 Å². The first-order valence-electron chi connectivity index (χ1n) is 9.57. The van der Waals surface area contributed by atoms with E-state index >= 15 is 0 Å². The molecule has 1 aromatic heterocycles. The van der Waals surface area contributed by atoms with Crippen LogP contribution in [-0.2, 0) is 7.05 Å². The highest BCUT2D eigenvalue weighted by molar-refractivity contribution is 6.24. The first-order chi connectivity index (χ1) is 13.8. The van der Waals surface area contributed by atoms with Gasteiger partial charge in [0.1, 0.15) is 23.5 Å². The van der Waals surface area contributed by atoms with Gasteiger partial charge in [-0.2, -0.15) is 5.10 Å². The standard InChI is InChI=1S/C22H24N6O/c1-13-22(24)28(14(2)23)20-9-6-16(17-11-25-27(3)12-17)10-19(20)21(26-13)15-4-7-18(29)8-5-15/h4,6-13,15,23-24,29H,5H2,1-3H3/t13-,15?/m0/s1. The number of aliphatic hydroxyl groups excluding tert-OH is 1. The molecule has 7 heteroatoms. The molecule has 1 unspecified atom stereocenters. The van der Waals surface area contributed by atoms with Crippen LogP contribution in [0.3, 0.4) is 0 Å². The average molecular weight is 388 g/mol. The summed E-state index contributed by atoms with van der Waals surface area (Å²) in [7, 11) is 1.88. The number of benzodiazepines with no additional fused rings is 1. The molecule has 2 heterocycles. The van der Waals surface area contributed by atoms with Crippen LogP contribution in [-0.4, -0.2) is 38.3 Å². The Balaban J connectivity index is 1.91. The maximum absolute atomic E-state index is 9.73. The number of rotatable bonds is 2. The minimum Gasteiger partial charge on any atom is -0.508 e. The van der Waals surface area contributed by atoms with Gasteiger partial charge >= 0.3 is 0 Å². The topological polar surface area (TPSA) is 101 Å². The number of aryl methyl sites for hydroxylation is 1. The van der Waals surface area contributed by atoms with Gasteiger partial charge in [0.2, 0.25) is 0 Å². The molecule has 29 heavy (non-hydrogen) atoms. The summed E-state index contributed by atoms with van der Waals surface area (Å²) in [5, 5.41) is 30.9. The number of benzene rings is 1. The van der Waals surface area contributed by atoms with E-state index in [4.69, 9.17) is 15.8 Å². The lowest BCUT2D eigenvalue weighted by Gasteiger charge is -2.26. The Kier molecular flexibility index (Phi) is 4.66. The molecular formula is C22H24N6O. The van der Waals surface area contributed by atoms with Gasteiger partial charge in [0.25, 0.3) is 0 Å². The summed E-state index contributed by atoms with van der Waals surface area (Å²) in [6.45, 7) is 3.57. The lowest BCUT2D eigenvalue weighted by atomic mass is 9.88. The van der Waals surface area contributed by atoms with Crippen molar-refractivity contribution in [2.45, 2.75) is 26.3 Å². The van der Waals surface area contributed by atoms with Gasteiger partial charge in [0.05, 0.1) is 17.6 Å². The van der Waals surface area contributed by atoms with E-state index in [0.29, 0.717) is 6.42 Å². The molecule has 3 N–H and O–H groups in total. The first-order valence-corrected chi connectivity index (χ1v) is 9.57. The highest BCUT2D eigenvalue weighted by Crippen LogP contribution is 2.34. The molecule has 0 saturated carbocycles. The number of nitrogens with zero attached hydrogens (tertiary/aromatic N) is 4. The minimum absolute atomic E-state index is 0.00459. The van der Waals surface area contributed by atoms with Crippen molar-refractivity contribution in [2.75, 3.05) is 4.90 Å². The zero-order chi connectivity index (χ0) is 20.7. The van der Waals surface area contributed by atoms with E-state index in [-0.39, 0.29) is 29.4 Å².